The quantitative estimate of drug-likeness (QED) is 0.806. The lowest BCUT2D eigenvalue weighted by Gasteiger charge is -2.16. The van der Waals surface area contributed by atoms with Crippen molar-refractivity contribution in [3.8, 4) is 5.75 Å². The fourth-order valence-electron chi connectivity index (χ4n) is 1.56. The monoisotopic (exact) mass is 223 g/mol. The summed E-state index contributed by atoms with van der Waals surface area (Å²) in [6, 6.07) is 8.03. The molecule has 0 heterocycles. The van der Waals surface area contributed by atoms with Crippen LogP contribution < -0.4 is 10.5 Å². The molecule has 16 heavy (non-hydrogen) atoms. The second-order valence-electron chi connectivity index (χ2n) is 3.97. The zero-order chi connectivity index (χ0) is 12.0. The molecule has 0 saturated carbocycles. The lowest BCUT2D eigenvalue weighted by atomic mass is 10.1. The Hall–Kier alpha value is -1.06. The summed E-state index contributed by atoms with van der Waals surface area (Å²) in [6.07, 6.45) is 0.981. The lowest BCUT2D eigenvalue weighted by molar-refractivity contribution is 0.0920. The summed E-state index contributed by atoms with van der Waals surface area (Å²) in [5.41, 5.74) is 7.09. The number of benzene rings is 1. The van der Waals surface area contributed by atoms with Crippen LogP contribution in [-0.2, 0) is 4.74 Å². The van der Waals surface area contributed by atoms with Gasteiger partial charge in [0, 0.05) is 13.2 Å². The summed E-state index contributed by atoms with van der Waals surface area (Å²) in [5, 5.41) is 0. The van der Waals surface area contributed by atoms with Gasteiger partial charge in [-0.25, -0.2) is 0 Å². The Morgan fingerprint density at radius 3 is 2.75 bits per heavy atom. The van der Waals surface area contributed by atoms with E-state index in [4.69, 9.17) is 15.2 Å². The van der Waals surface area contributed by atoms with E-state index in [-0.39, 0.29) is 12.1 Å². The molecular formula is C13H21NO2. The fourth-order valence-corrected chi connectivity index (χ4v) is 1.56. The van der Waals surface area contributed by atoms with Crippen molar-refractivity contribution in [1.82, 2.24) is 0 Å². The van der Waals surface area contributed by atoms with Crippen LogP contribution in [0.3, 0.4) is 0 Å². The van der Waals surface area contributed by atoms with Gasteiger partial charge in [-0.2, -0.15) is 0 Å². The minimum atomic E-state index is 0.0538. The highest BCUT2D eigenvalue weighted by Crippen LogP contribution is 2.20. The first-order chi connectivity index (χ1) is 7.67. The minimum Gasteiger partial charge on any atom is -0.488 e. The van der Waals surface area contributed by atoms with Crippen LogP contribution in [-0.4, -0.2) is 19.8 Å². The van der Waals surface area contributed by atoms with Gasteiger partial charge < -0.3 is 15.2 Å². The average molecular weight is 223 g/mol. The molecule has 2 atom stereocenters. The van der Waals surface area contributed by atoms with Gasteiger partial charge in [0.15, 0.2) is 0 Å². The van der Waals surface area contributed by atoms with Crippen LogP contribution in [0.5, 0.6) is 5.75 Å². The predicted molar refractivity (Wildman–Crippen MR) is 65.6 cm³/mol. The average Bonchev–Trinajstić information content (AvgIpc) is 2.28. The van der Waals surface area contributed by atoms with E-state index in [1.54, 1.807) is 7.11 Å². The Labute approximate surface area is 97.6 Å². The predicted octanol–water partition coefficient (Wildman–Crippen LogP) is 2.51. The number of nitrogens with two attached hydrogens (primary N) is 1. The SMILES string of the molecule is CCC(N)c1cccc(OC(C)COC)c1. The summed E-state index contributed by atoms with van der Waals surface area (Å²) in [5.74, 6) is 0.853. The van der Waals surface area contributed by atoms with Crippen LogP contribution in [0.2, 0.25) is 0 Å². The van der Waals surface area contributed by atoms with E-state index in [1.165, 1.54) is 0 Å². The zero-order valence-corrected chi connectivity index (χ0v) is 10.3. The summed E-state index contributed by atoms with van der Waals surface area (Å²) >= 11 is 0. The maximum absolute atomic E-state index is 5.97. The molecule has 2 N–H and O–H groups in total. The Morgan fingerprint density at radius 1 is 1.38 bits per heavy atom. The van der Waals surface area contributed by atoms with E-state index in [0.717, 1.165) is 17.7 Å². The van der Waals surface area contributed by atoms with E-state index in [2.05, 4.69) is 6.92 Å². The van der Waals surface area contributed by atoms with Crippen LogP contribution in [0.1, 0.15) is 31.9 Å². The molecule has 0 aliphatic carbocycles. The first kappa shape index (κ1) is 13.0. The Morgan fingerprint density at radius 2 is 2.12 bits per heavy atom. The molecule has 0 aliphatic heterocycles. The number of ether oxygens (including phenoxy) is 2. The van der Waals surface area contributed by atoms with Gasteiger partial charge in [0.2, 0.25) is 0 Å². The molecule has 1 aromatic rings. The first-order valence-corrected chi connectivity index (χ1v) is 5.68. The number of methoxy groups -OCH3 is 1. The molecule has 3 nitrogen and oxygen atoms in total. The summed E-state index contributed by atoms with van der Waals surface area (Å²) in [6.45, 7) is 4.64. The van der Waals surface area contributed by atoms with Gasteiger partial charge >= 0.3 is 0 Å². The molecule has 0 saturated heterocycles. The van der Waals surface area contributed by atoms with E-state index >= 15 is 0 Å². The second-order valence-corrected chi connectivity index (χ2v) is 3.97. The Balaban J connectivity index is 2.67. The zero-order valence-electron chi connectivity index (χ0n) is 10.3. The topological polar surface area (TPSA) is 44.5 Å². The Bertz CT molecular complexity index is 315. The largest absolute Gasteiger partial charge is 0.488 e. The van der Waals surface area contributed by atoms with E-state index in [1.807, 2.05) is 31.2 Å². The van der Waals surface area contributed by atoms with Crippen molar-refractivity contribution in [3.05, 3.63) is 29.8 Å². The van der Waals surface area contributed by atoms with Crippen molar-refractivity contribution in [3.63, 3.8) is 0 Å². The Kier molecular flexibility index (Phi) is 5.29. The van der Waals surface area contributed by atoms with Crippen LogP contribution in [0, 0.1) is 0 Å². The summed E-state index contributed by atoms with van der Waals surface area (Å²) < 4.78 is 10.7. The number of rotatable bonds is 6. The molecule has 3 heteroatoms. The summed E-state index contributed by atoms with van der Waals surface area (Å²) in [7, 11) is 1.67. The molecule has 1 rings (SSSR count). The van der Waals surface area contributed by atoms with Crippen LogP contribution in [0.25, 0.3) is 0 Å². The fraction of sp³-hybridized carbons (Fsp3) is 0.538. The van der Waals surface area contributed by atoms with Gasteiger partial charge in [-0.15, -0.1) is 0 Å². The van der Waals surface area contributed by atoms with Crippen LogP contribution in [0.4, 0.5) is 0 Å². The van der Waals surface area contributed by atoms with Gasteiger partial charge in [-0.1, -0.05) is 19.1 Å². The van der Waals surface area contributed by atoms with Crippen molar-refractivity contribution in [2.45, 2.75) is 32.4 Å². The minimum absolute atomic E-state index is 0.0538. The van der Waals surface area contributed by atoms with Crippen molar-refractivity contribution in [2.75, 3.05) is 13.7 Å². The van der Waals surface area contributed by atoms with Crippen LogP contribution >= 0.6 is 0 Å². The molecule has 1 aromatic carbocycles. The molecule has 0 spiro atoms. The molecule has 0 fully saturated rings. The maximum atomic E-state index is 5.97. The molecule has 0 aromatic heterocycles. The molecule has 0 aliphatic rings. The van der Waals surface area contributed by atoms with Gasteiger partial charge in [0.05, 0.1) is 6.61 Å². The van der Waals surface area contributed by atoms with Gasteiger partial charge in [-0.05, 0) is 31.0 Å². The molecule has 0 bridgehead atoms. The third kappa shape index (κ3) is 3.83. The summed E-state index contributed by atoms with van der Waals surface area (Å²) in [4.78, 5) is 0. The highest BCUT2D eigenvalue weighted by molar-refractivity contribution is 5.30. The van der Waals surface area contributed by atoms with Crippen LogP contribution in [0.15, 0.2) is 24.3 Å². The van der Waals surface area contributed by atoms with Crippen molar-refractivity contribution in [2.24, 2.45) is 5.73 Å². The molecule has 90 valence electrons. The van der Waals surface area contributed by atoms with Gasteiger partial charge in [0.25, 0.3) is 0 Å². The maximum Gasteiger partial charge on any atom is 0.120 e. The molecular weight excluding hydrogens is 202 g/mol. The highest BCUT2D eigenvalue weighted by atomic mass is 16.5. The third-order valence-corrected chi connectivity index (χ3v) is 2.46. The van der Waals surface area contributed by atoms with Crippen molar-refractivity contribution >= 4 is 0 Å². The van der Waals surface area contributed by atoms with Gasteiger partial charge in [0.1, 0.15) is 11.9 Å². The van der Waals surface area contributed by atoms with E-state index in [0.29, 0.717) is 6.61 Å². The number of hydrogen-bond donors (Lipinski definition) is 1. The first-order valence-electron chi connectivity index (χ1n) is 5.68. The molecule has 0 amide bonds. The standard InChI is InChI=1S/C13H21NO2/c1-4-13(14)11-6-5-7-12(8-11)16-10(2)9-15-3/h5-8,10,13H,4,9,14H2,1-3H3. The van der Waals surface area contributed by atoms with Crippen molar-refractivity contribution < 1.29 is 9.47 Å². The highest BCUT2D eigenvalue weighted by Gasteiger charge is 2.07. The molecule has 0 radical (unpaired) electrons. The normalized spacial score (nSPS) is 14.5. The smallest absolute Gasteiger partial charge is 0.120 e. The molecule has 2 unspecified atom stereocenters. The van der Waals surface area contributed by atoms with E-state index in [9.17, 15) is 0 Å². The van der Waals surface area contributed by atoms with Crippen molar-refractivity contribution in [1.29, 1.82) is 0 Å². The second kappa shape index (κ2) is 6.51. The number of hydrogen-bond acceptors (Lipinski definition) is 3. The third-order valence-electron chi connectivity index (χ3n) is 2.46. The van der Waals surface area contributed by atoms with E-state index < -0.39 is 0 Å². The van der Waals surface area contributed by atoms with Gasteiger partial charge in [-0.3, -0.25) is 0 Å². The lowest BCUT2D eigenvalue weighted by Crippen LogP contribution is -2.18.